The van der Waals surface area contributed by atoms with Crippen LogP contribution in [0.3, 0.4) is 0 Å². The van der Waals surface area contributed by atoms with Crippen molar-refractivity contribution < 1.29 is 17.2 Å². The Morgan fingerprint density at radius 2 is 1.83 bits per heavy atom. The quantitative estimate of drug-likeness (QED) is 0.738. The van der Waals surface area contributed by atoms with Gasteiger partial charge in [0.05, 0.1) is 4.90 Å². The fourth-order valence-corrected chi connectivity index (χ4v) is 2.63. The normalized spacial score (nSPS) is 11.6. The van der Waals surface area contributed by atoms with Crippen LogP contribution in [0.15, 0.2) is 53.8 Å². The Morgan fingerprint density at radius 1 is 1.04 bits per heavy atom. The van der Waals surface area contributed by atoms with Gasteiger partial charge in [0.25, 0.3) is 0 Å². The third-order valence-corrected chi connectivity index (χ3v) is 4.31. The standard InChI is InChI=1S/C15H11F2N3O2S/c1-23(21,22)11-3-5-14(19-9-11)20-7-6-18-15(20)10-2-4-12(16)13(17)8-10/h2-9H,1H3. The van der Waals surface area contributed by atoms with E-state index in [1.807, 2.05) is 0 Å². The summed E-state index contributed by atoms with van der Waals surface area (Å²) in [5, 5.41) is 0. The summed E-state index contributed by atoms with van der Waals surface area (Å²) >= 11 is 0. The lowest BCUT2D eigenvalue weighted by atomic mass is 10.2. The molecule has 0 aliphatic carbocycles. The summed E-state index contributed by atoms with van der Waals surface area (Å²) in [5.74, 6) is -1.14. The molecule has 0 saturated carbocycles. The molecule has 0 spiro atoms. The van der Waals surface area contributed by atoms with Gasteiger partial charge in [-0.25, -0.2) is 27.2 Å². The Balaban J connectivity index is 2.05. The summed E-state index contributed by atoms with van der Waals surface area (Å²) in [6.07, 6.45) is 5.41. The van der Waals surface area contributed by atoms with E-state index in [4.69, 9.17) is 0 Å². The fraction of sp³-hybridized carbons (Fsp3) is 0.0667. The van der Waals surface area contributed by atoms with Gasteiger partial charge in [0, 0.05) is 30.4 Å². The van der Waals surface area contributed by atoms with E-state index in [0.29, 0.717) is 17.2 Å². The van der Waals surface area contributed by atoms with E-state index in [1.54, 1.807) is 10.8 Å². The number of benzene rings is 1. The zero-order valence-electron chi connectivity index (χ0n) is 11.9. The maximum absolute atomic E-state index is 13.4. The average Bonchev–Trinajstić information content (AvgIpc) is 2.99. The van der Waals surface area contributed by atoms with Crippen molar-refractivity contribution in [3.8, 4) is 17.2 Å². The minimum absolute atomic E-state index is 0.0933. The number of imidazole rings is 1. The van der Waals surface area contributed by atoms with Crippen LogP contribution in [0.4, 0.5) is 8.78 Å². The van der Waals surface area contributed by atoms with Crippen LogP contribution >= 0.6 is 0 Å². The molecule has 0 amide bonds. The van der Waals surface area contributed by atoms with Crippen LogP contribution in [-0.2, 0) is 9.84 Å². The highest BCUT2D eigenvalue weighted by atomic mass is 32.2. The minimum Gasteiger partial charge on any atom is -0.284 e. The lowest BCUT2D eigenvalue weighted by Crippen LogP contribution is -2.02. The van der Waals surface area contributed by atoms with Crippen LogP contribution in [0.2, 0.25) is 0 Å². The number of pyridine rings is 1. The molecule has 2 heterocycles. The van der Waals surface area contributed by atoms with Crippen molar-refractivity contribution in [1.82, 2.24) is 14.5 Å². The Bertz CT molecular complexity index is 967. The molecule has 8 heteroatoms. The predicted octanol–water partition coefficient (Wildman–Crippen LogP) is 2.62. The van der Waals surface area contributed by atoms with E-state index in [2.05, 4.69) is 9.97 Å². The van der Waals surface area contributed by atoms with Gasteiger partial charge in [-0.1, -0.05) is 0 Å². The first-order valence-electron chi connectivity index (χ1n) is 6.51. The predicted molar refractivity (Wildman–Crippen MR) is 79.8 cm³/mol. The third-order valence-electron chi connectivity index (χ3n) is 3.21. The molecule has 0 fully saturated rings. The van der Waals surface area contributed by atoms with Crippen LogP contribution in [0.5, 0.6) is 0 Å². The SMILES string of the molecule is CS(=O)(=O)c1ccc(-n2ccnc2-c2ccc(F)c(F)c2)nc1. The topological polar surface area (TPSA) is 64.8 Å². The van der Waals surface area contributed by atoms with Gasteiger partial charge in [0.15, 0.2) is 21.5 Å². The maximum Gasteiger partial charge on any atom is 0.177 e. The van der Waals surface area contributed by atoms with Crippen LogP contribution < -0.4 is 0 Å². The first-order chi connectivity index (χ1) is 10.9. The Kier molecular flexibility index (Phi) is 3.69. The molecule has 0 aliphatic rings. The molecule has 0 unspecified atom stereocenters. The Labute approximate surface area is 131 Å². The molecular weight excluding hydrogens is 324 g/mol. The highest BCUT2D eigenvalue weighted by Gasteiger charge is 2.13. The van der Waals surface area contributed by atoms with Crippen molar-refractivity contribution in [2.24, 2.45) is 0 Å². The second kappa shape index (κ2) is 5.54. The third kappa shape index (κ3) is 2.98. The molecule has 23 heavy (non-hydrogen) atoms. The lowest BCUT2D eigenvalue weighted by Gasteiger charge is -2.08. The zero-order chi connectivity index (χ0) is 16.6. The summed E-state index contributed by atoms with van der Waals surface area (Å²) in [5.41, 5.74) is 0.378. The summed E-state index contributed by atoms with van der Waals surface area (Å²) in [7, 11) is -3.34. The number of sulfone groups is 1. The van der Waals surface area contributed by atoms with Crippen LogP contribution in [0.25, 0.3) is 17.2 Å². The van der Waals surface area contributed by atoms with Crippen molar-refractivity contribution >= 4 is 9.84 Å². The largest absolute Gasteiger partial charge is 0.284 e. The second-order valence-electron chi connectivity index (χ2n) is 4.87. The molecule has 0 bridgehead atoms. The lowest BCUT2D eigenvalue weighted by molar-refractivity contribution is 0.509. The molecule has 5 nitrogen and oxygen atoms in total. The molecule has 2 aromatic heterocycles. The van der Waals surface area contributed by atoms with Gasteiger partial charge in [0.1, 0.15) is 11.6 Å². The first kappa shape index (κ1) is 15.3. The van der Waals surface area contributed by atoms with E-state index < -0.39 is 21.5 Å². The minimum atomic E-state index is -3.34. The molecule has 0 saturated heterocycles. The second-order valence-corrected chi connectivity index (χ2v) is 6.89. The van der Waals surface area contributed by atoms with Crippen LogP contribution in [0.1, 0.15) is 0 Å². The van der Waals surface area contributed by atoms with E-state index in [0.717, 1.165) is 18.4 Å². The van der Waals surface area contributed by atoms with E-state index in [1.165, 1.54) is 30.6 Å². The van der Waals surface area contributed by atoms with Crippen molar-refractivity contribution in [1.29, 1.82) is 0 Å². The van der Waals surface area contributed by atoms with Crippen molar-refractivity contribution in [2.75, 3.05) is 6.26 Å². The van der Waals surface area contributed by atoms with Gasteiger partial charge < -0.3 is 0 Å². The van der Waals surface area contributed by atoms with Gasteiger partial charge in [-0.15, -0.1) is 0 Å². The van der Waals surface area contributed by atoms with Gasteiger partial charge in [0.2, 0.25) is 0 Å². The number of halogens is 2. The number of hydrogen-bond acceptors (Lipinski definition) is 4. The Hall–Kier alpha value is -2.61. The maximum atomic E-state index is 13.4. The monoisotopic (exact) mass is 335 g/mol. The van der Waals surface area contributed by atoms with Gasteiger partial charge in [-0.2, -0.15) is 0 Å². The summed E-state index contributed by atoms with van der Waals surface area (Å²) in [6.45, 7) is 0. The summed E-state index contributed by atoms with van der Waals surface area (Å²) in [6, 6.07) is 6.40. The van der Waals surface area contributed by atoms with E-state index in [9.17, 15) is 17.2 Å². The van der Waals surface area contributed by atoms with Gasteiger partial charge in [-0.05, 0) is 30.3 Å². The highest BCUT2D eigenvalue weighted by Crippen LogP contribution is 2.22. The summed E-state index contributed by atoms with van der Waals surface area (Å²) in [4.78, 5) is 8.30. The van der Waals surface area contributed by atoms with Crippen LogP contribution in [0, 0.1) is 11.6 Å². The van der Waals surface area contributed by atoms with Gasteiger partial charge in [-0.3, -0.25) is 4.57 Å². The fourth-order valence-electron chi connectivity index (χ4n) is 2.07. The molecule has 0 aliphatic heterocycles. The molecular formula is C15H11F2N3O2S. The number of hydrogen-bond donors (Lipinski definition) is 0. The molecule has 0 N–H and O–H groups in total. The Morgan fingerprint density at radius 3 is 2.43 bits per heavy atom. The smallest absolute Gasteiger partial charge is 0.177 e. The highest BCUT2D eigenvalue weighted by molar-refractivity contribution is 7.90. The van der Waals surface area contributed by atoms with E-state index >= 15 is 0 Å². The molecule has 0 radical (unpaired) electrons. The molecule has 118 valence electrons. The van der Waals surface area contributed by atoms with Crippen LogP contribution in [-0.4, -0.2) is 29.2 Å². The molecule has 3 rings (SSSR count). The van der Waals surface area contributed by atoms with Crippen molar-refractivity contribution in [3.05, 3.63) is 60.6 Å². The number of rotatable bonds is 3. The zero-order valence-corrected chi connectivity index (χ0v) is 12.8. The first-order valence-corrected chi connectivity index (χ1v) is 8.40. The molecule has 3 aromatic rings. The van der Waals surface area contributed by atoms with Gasteiger partial charge >= 0.3 is 0 Å². The number of nitrogens with zero attached hydrogens (tertiary/aromatic N) is 3. The average molecular weight is 335 g/mol. The molecule has 0 atom stereocenters. The summed E-state index contributed by atoms with van der Waals surface area (Å²) < 4.78 is 50.9. The van der Waals surface area contributed by atoms with Crippen molar-refractivity contribution in [2.45, 2.75) is 4.90 Å². The molecule has 1 aromatic carbocycles. The van der Waals surface area contributed by atoms with E-state index in [-0.39, 0.29) is 4.90 Å². The van der Waals surface area contributed by atoms with Crippen molar-refractivity contribution in [3.63, 3.8) is 0 Å². The number of aromatic nitrogens is 3.